The topological polar surface area (TPSA) is 88.4 Å². The number of fused-ring (bicyclic) bond motifs is 1. The van der Waals surface area contributed by atoms with Crippen LogP contribution in [0.4, 0.5) is 4.39 Å². The molecule has 4 rings (SSSR count). The molecule has 0 aromatic heterocycles. The molecular weight excluding hydrogens is 439 g/mol. The van der Waals surface area contributed by atoms with Gasteiger partial charge in [-0.25, -0.2) is 4.39 Å². The summed E-state index contributed by atoms with van der Waals surface area (Å²) < 4.78 is 24.2. The fourth-order valence-corrected chi connectivity index (χ4v) is 4.98. The van der Waals surface area contributed by atoms with Crippen LogP contribution < -0.4 is 9.47 Å². The van der Waals surface area contributed by atoms with Crippen LogP contribution in [0, 0.1) is 17.7 Å². The van der Waals surface area contributed by atoms with Crippen LogP contribution in [0.25, 0.3) is 0 Å². The number of hydrogen-bond acceptors (Lipinski definition) is 5. The number of halogens is 1. The van der Waals surface area contributed by atoms with Crippen LogP contribution in [0.3, 0.4) is 0 Å². The van der Waals surface area contributed by atoms with Crippen molar-refractivity contribution >= 4 is 17.6 Å². The number of methoxy groups -OCH3 is 2. The van der Waals surface area contributed by atoms with Crippen LogP contribution >= 0.6 is 0 Å². The van der Waals surface area contributed by atoms with Crippen molar-refractivity contribution in [3.05, 3.63) is 58.9 Å². The maximum atomic E-state index is 13.3. The zero-order chi connectivity index (χ0) is 24.2. The van der Waals surface area contributed by atoms with Gasteiger partial charge in [0, 0.05) is 42.9 Å². The summed E-state index contributed by atoms with van der Waals surface area (Å²) in [5.74, 6) is -0.248. The zero-order valence-corrected chi connectivity index (χ0v) is 19.4. The van der Waals surface area contributed by atoms with Crippen LogP contribution in [-0.4, -0.2) is 61.4 Å². The number of nitrogens with zero attached hydrogens (tertiary/aromatic N) is 2. The van der Waals surface area contributed by atoms with Gasteiger partial charge in [0.05, 0.1) is 14.2 Å². The van der Waals surface area contributed by atoms with E-state index in [1.54, 1.807) is 19.1 Å². The first-order valence-corrected chi connectivity index (χ1v) is 11.4. The third-order valence-electron chi connectivity index (χ3n) is 6.77. The minimum atomic E-state index is -0.842. The van der Waals surface area contributed by atoms with Crippen molar-refractivity contribution in [2.75, 3.05) is 33.9 Å². The van der Waals surface area contributed by atoms with E-state index in [1.165, 1.54) is 24.3 Å². The van der Waals surface area contributed by atoms with Crippen molar-refractivity contribution in [1.82, 2.24) is 4.90 Å². The van der Waals surface area contributed by atoms with E-state index in [2.05, 4.69) is 0 Å². The number of benzene rings is 2. The van der Waals surface area contributed by atoms with Crippen LogP contribution in [-0.2, 0) is 11.2 Å². The molecule has 2 heterocycles. The first-order chi connectivity index (χ1) is 16.4. The standard InChI is InChI=1S/C26H29FN2O5/c1-33-23-12-18-7-9-28-22(21(18)14-24(23)34-2)11-19-15-29(10-8-17(19)13-25(30)31)26(32)16-3-5-20(27)6-4-16/h3-6,12,14,17,19H,7-11,13,15H2,1-2H3,(H,30,31). The van der Waals surface area contributed by atoms with E-state index in [0.717, 1.165) is 23.3 Å². The predicted octanol–water partition coefficient (Wildman–Crippen LogP) is 3.83. The van der Waals surface area contributed by atoms with Gasteiger partial charge in [-0.05, 0) is 73.1 Å². The van der Waals surface area contributed by atoms with Crippen LogP contribution in [0.1, 0.15) is 40.7 Å². The Balaban J connectivity index is 1.58. The van der Waals surface area contributed by atoms with E-state index >= 15 is 0 Å². The van der Waals surface area contributed by atoms with E-state index in [9.17, 15) is 19.1 Å². The van der Waals surface area contributed by atoms with Crippen molar-refractivity contribution in [3.8, 4) is 11.5 Å². The quantitative estimate of drug-likeness (QED) is 0.667. The molecule has 8 heteroatoms. The smallest absolute Gasteiger partial charge is 0.303 e. The number of carbonyl (C=O) groups is 2. The normalized spacial score (nSPS) is 19.7. The molecule has 1 saturated heterocycles. The van der Waals surface area contributed by atoms with Gasteiger partial charge in [0.15, 0.2) is 11.5 Å². The Hall–Kier alpha value is -3.42. The highest BCUT2D eigenvalue weighted by atomic mass is 19.1. The lowest BCUT2D eigenvalue weighted by Crippen LogP contribution is -2.45. The molecule has 2 unspecified atom stereocenters. The molecule has 2 aliphatic heterocycles. The molecular formula is C26H29FN2O5. The van der Waals surface area contributed by atoms with Gasteiger partial charge in [-0.3, -0.25) is 14.6 Å². The monoisotopic (exact) mass is 468 g/mol. The van der Waals surface area contributed by atoms with E-state index in [1.807, 2.05) is 12.1 Å². The number of carbonyl (C=O) groups excluding carboxylic acids is 1. The van der Waals surface area contributed by atoms with Crippen molar-refractivity contribution in [2.45, 2.75) is 25.7 Å². The highest BCUT2D eigenvalue weighted by Crippen LogP contribution is 2.36. The number of amides is 1. The molecule has 7 nitrogen and oxygen atoms in total. The molecule has 2 aromatic carbocycles. The van der Waals surface area contributed by atoms with E-state index < -0.39 is 11.8 Å². The number of aliphatic imine (C=N–C) groups is 1. The van der Waals surface area contributed by atoms with Crippen LogP contribution in [0.2, 0.25) is 0 Å². The first kappa shape index (κ1) is 23.7. The van der Waals surface area contributed by atoms with Crippen molar-refractivity contribution < 1.29 is 28.6 Å². The first-order valence-electron chi connectivity index (χ1n) is 11.4. The molecule has 1 amide bonds. The van der Waals surface area contributed by atoms with Crippen molar-refractivity contribution in [3.63, 3.8) is 0 Å². The molecule has 0 spiro atoms. The summed E-state index contributed by atoms with van der Waals surface area (Å²) in [4.78, 5) is 31.1. The molecule has 2 aliphatic rings. The second-order valence-electron chi connectivity index (χ2n) is 8.81. The summed E-state index contributed by atoms with van der Waals surface area (Å²) in [7, 11) is 3.19. The lowest BCUT2D eigenvalue weighted by Gasteiger charge is -2.39. The number of carboxylic acid groups (broad SMARTS) is 1. The average molecular weight is 469 g/mol. The molecule has 0 radical (unpaired) electrons. The second-order valence-corrected chi connectivity index (χ2v) is 8.81. The molecule has 2 atom stereocenters. The largest absolute Gasteiger partial charge is 0.493 e. The Kier molecular flexibility index (Phi) is 7.14. The van der Waals surface area contributed by atoms with Crippen LogP contribution in [0.5, 0.6) is 11.5 Å². The Morgan fingerprint density at radius 1 is 1.12 bits per heavy atom. The number of aliphatic carboxylic acids is 1. The Bertz CT molecular complexity index is 1100. The average Bonchev–Trinajstić information content (AvgIpc) is 2.84. The number of hydrogen-bond donors (Lipinski definition) is 1. The molecule has 0 saturated carbocycles. The molecule has 1 N–H and O–H groups in total. The highest BCUT2D eigenvalue weighted by Gasteiger charge is 2.35. The fourth-order valence-electron chi connectivity index (χ4n) is 4.98. The summed E-state index contributed by atoms with van der Waals surface area (Å²) in [5.41, 5.74) is 3.43. The molecule has 2 aromatic rings. The van der Waals surface area contributed by atoms with Gasteiger partial charge in [0.1, 0.15) is 5.82 Å². The molecule has 0 bridgehead atoms. The van der Waals surface area contributed by atoms with Crippen LogP contribution in [0.15, 0.2) is 41.4 Å². The molecule has 1 fully saturated rings. The number of likely N-dealkylation sites (tertiary alicyclic amines) is 1. The summed E-state index contributed by atoms with van der Waals surface area (Å²) in [6.07, 6.45) is 2.00. The summed E-state index contributed by atoms with van der Waals surface area (Å²) >= 11 is 0. The lowest BCUT2D eigenvalue weighted by molar-refractivity contribution is -0.138. The van der Waals surface area contributed by atoms with E-state index in [0.29, 0.717) is 49.5 Å². The summed E-state index contributed by atoms with van der Waals surface area (Å²) in [6.45, 7) is 1.54. The molecule has 180 valence electrons. The Morgan fingerprint density at radius 2 is 1.82 bits per heavy atom. The molecule has 0 aliphatic carbocycles. The Morgan fingerprint density at radius 3 is 2.50 bits per heavy atom. The van der Waals surface area contributed by atoms with E-state index in [4.69, 9.17) is 14.5 Å². The third kappa shape index (κ3) is 5.05. The van der Waals surface area contributed by atoms with Gasteiger partial charge < -0.3 is 19.5 Å². The summed E-state index contributed by atoms with van der Waals surface area (Å²) in [6, 6.07) is 9.42. The lowest BCUT2D eigenvalue weighted by atomic mass is 9.78. The predicted molar refractivity (Wildman–Crippen MR) is 125 cm³/mol. The number of rotatable bonds is 7. The zero-order valence-electron chi connectivity index (χ0n) is 19.4. The van der Waals surface area contributed by atoms with Gasteiger partial charge in [-0.2, -0.15) is 0 Å². The van der Waals surface area contributed by atoms with Crippen molar-refractivity contribution in [2.24, 2.45) is 16.8 Å². The van der Waals surface area contributed by atoms with E-state index in [-0.39, 0.29) is 24.2 Å². The van der Waals surface area contributed by atoms with Gasteiger partial charge in [-0.1, -0.05) is 0 Å². The van der Waals surface area contributed by atoms with Gasteiger partial charge in [-0.15, -0.1) is 0 Å². The highest BCUT2D eigenvalue weighted by molar-refractivity contribution is 6.03. The second kappa shape index (κ2) is 10.2. The number of ether oxygens (including phenoxy) is 2. The van der Waals surface area contributed by atoms with Gasteiger partial charge >= 0.3 is 5.97 Å². The molecule has 34 heavy (non-hydrogen) atoms. The number of carboxylic acids is 1. The van der Waals surface area contributed by atoms with Gasteiger partial charge in [0.2, 0.25) is 0 Å². The minimum Gasteiger partial charge on any atom is -0.493 e. The van der Waals surface area contributed by atoms with Gasteiger partial charge in [0.25, 0.3) is 5.91 Å². The SMILES string of the molecule is COc1cc2c(cc1OC)C(CC1CN(C(=O)c3ccc(F)cc3)CCC1CC(=O)O)=NCC2. The fraction of sp³-hybridized carbons (Fsp3) is 0.423. The maximum absolute atomic E-state index is 13.3. The third-order valence-corrected chi connectivity index (χ3v) is 6.77. The van der Waals surface area contributed by atoms with Crippen molar-refractivity contribution in [1.29, 1.82) is 0 Å². The summed E-state index contributed by atoms with van der Waals surface area (Å²) in [5, 5.41) is 9.48. The number of piperidine rings is 1. The maximum Gasteiger partial charge on any atom is 0.303 e. The Labute approximate surface area is 198 Å². The minimum absolute atomic E-state index is 0.0509.